The summed E-state index contributed by atoms with van der Waals surface area (Å²) < 4.78 is 1.11. The highest BCUT2D eigenvalue weighted by molar-refractivity contribution is 14.1. The summed E-state index contributed by atoms with van der Waals surface area (Å²) in [6, 6.07) is 9.22. The van der Waals surface area contributed by atoms with Crippen molar-refractivity contribution >= 4 is 51.6 Å². The molecule has 1 aromatic heterocycles. The molecule has 3 amide bonds. The molecule has 0 radical (unpaired) electrons. The van der Waals surface area contributed by atoms with Crippen LogP contribution in [0.5, 0.6) is 0 Å². The molecule has 120 valence electrons. The number of amides is 3. The fourth-order valence-corrected chi connectivity index (χ4v) is 3.87. The Balaban J connectivity index is 1.68. The van der Waals surface area contributed by atoms with Crippen molar-refractivity contribution in [2.45, 2.75) is 13.0 Å². The van der Waals surface area contributed by atoms with Crippen LogP contribution in [0.1, 0.15) is 20.1 Å². The van der Waals surface area contributed by atoms with Gasteiger partial charge in [-0.2, -0.15) is 0 Å². The lowest BCUT2D eigenvalue weighted by atomic mass is 10.1. The average molecular weight is 443 g/mol. The number of thiophene rings is 1. The maximum atomic E-state index is 12.4. The number of benzene rings is 1. The van der Waals surface area contributed by atoms with Crippen molar-refractivity contribution in [1.29, 1.82) is 0 Å². The van der Waals surface area contributed by atoms with Crippen LogP contribution in [0.25, 0.3) is 0 Å². The number of nitrogens with one attached hydrogen (secondary N) is 2. The van der Waals surface area contributed by atoms with E-state index in [1.54, 1.807) is 16.4 Å². The van der Waals surface area contributed by atoms with E-state index in [-0.39, 0.29) is 6.03 Å². The summed E-state index contributed by atoms with van der Waals surface area (Å²) in [6.45, 7) is 1.06. The second-order valence-electron chi connectivity index (χ2n) is 5.11. The molecule has 0 spiro atoms. The molecular formula is C15H14IN3O3S. The van der Waals surface area contributed by atoms with Crippen molar-refractivity contribution in [3.63, 3.8) is 0 Å². The van der Waals surface area contributed by atoms with Gasteiger partial charge in [-0.25, -0.2) is 10.3 Å². The fraction of sp³-hybridized carbons (Fsp3) is 0.200. The lowest BCUT2D eigenvalue weighted by Gasteiger charge is -2.27. The first-order valence-electron chi connectivity index (χ1n) is 6.94. The third-order valence-corrected chi connectivity index (χ3v) is 5.47. The largest absolute Gasteiger partial charge is 0.322 e. The molecule has 3 rings (SSSR count). The van der Waals surface area contributed by atoms with Crippen LogP contribution in [0.2, 0.25) is 0 Å². The van der Waals surface area contributed by atoms with Gasteiger partial charge in [0, 0.05) is 20.7 Å². The van der Waals surface area contributed by atoms with Gasteiger partial charge in [-0.3, -0.25) is 10.0 Å². The number of urea groups is 1. The van der Waals surface area contributed by atoms with Crippen LogP contribution in [0.15, 0.2) is 30.3 Å². The summed E-state index contributed by atoms with van der Waals surface area (Å²) in [7, 11) is 0. The number of anilines is 1. The van der Waals surface area contributed by atoms with E-state index in [4.69, 9.17) is 5.21 Å². The Bertz CT molecular complexity index is 745. The fourth-order valence-electron chi connectivity index (χ4n) is 2.40. The van der Waals surface area contributed by atoms with Crippen LogP contribution in [-0.4, -0.2) is 28.6 Å². The maximum absolute atomic E-state index is 12.4. The molecule has 6 nitrogen and oxygen atoms in total. The Morgan fingerprint density at radius 2 is 2.00 bits per heavy atom. The van der Waals surface area contributed by atoms with E-state index in [2.05, 4.69) is 27.9 Å². The van der Waals surface area contributed by atoms with Crippen molar-refractivity contribution in [3.8, 4) is 0 Å². The molecule has 2 aromatic rings. The molecule has 2 heterocycles. The zero-order valence-electron chi connectivity index (χ0n) is 12.0. The van der Waals surface area contributed by atoms with Gasteiger partial charge in [0.1, 0.15) is 0 Å². The van der Waals surface area contributed by atoms with Gasteiger partial charge in [0.15, 0.2) is 0 Å². The number of fused-ring (bicyclic) bond motifs is 1. The molecule has 0 unspecified atom stereocenters. The van der Waals surface area contributed by atoms with Gasteiger partial charge in [0.2, 0.25) is 0 Å². The highest BCUT2D eigenvalue weighted by Gasteiger charge is 2.24. The lowest BCUT2D eigenvalue weighted by molar-refractivity contribution is 0.0711. The molecular weight excluding hydrogens is 429 g/mol. The van der Waals surface area contributed by atoms with Crippen LogP contribution in [-0.2, 0) is 13.0 Å². The zero-order chi connectivity index (χ0) is 16.4. The normalized spacial score (nSPS) is 13.4. The van der Waals surface area contributed by atoms with E-state index in [1.165, 1.54) is 11.3 Å². The molecule has 0 atom stereocenters. The molecule has 1 aliphatic rings. The monoisotopic (exact) mass is 443 g/mol. The highest BCUT2D eigenvalue weighted by atomic mass is 127. The number of halogens is 1. The first-order valence-corrected chi connectivity index (χ1v) is 8.84. The number of hydrogen-bond acceptors (Lipinski definition) is 4. The molecule has 0 aliphatic carbocycles. The van der Waals surface area contributed by atoms with Gasteiger partial charge in [0.05, 0.1) is 11.4 Å². The quantitative estimate of drug-likeness (QED) is 0.379. The summed E-state index contributed by atoms with van der Waals surface area (Å²) >= 11 is 3.51. The molecule has 0 fully saturated rings. The lowest BCUT2D eigenvalue weighted by Crippen LogP contribution is -2.38. The summed E-state index contributed by atoms with van der Waals surface area (Å²) in [5.41, 5.74) is 3.46. The van der Waals surface area contributed by atoms with Crippen molar-refractivity contribution < 1.29 is 14.8 Å². The predicted molar refractivity (Wildman–Crippen MR) is 95.9 cm³/mol. The van der Waals surface area contributed by atoms with Gasteiger partial charge in [-0.1, -0.05) is 0 Å². The molecule has 0 bridgehead atoms. The molecule has 1 aromatic carbocycles. The third kappa shape index (κ3) is 3.65. The van der Waals surface area contributed by atoms with E-state index in [9.17, 15) is 9.59 Å². The Labute approximate surface area is 150 Å². The van der Waals surface area contributed by atoms with Gasteiger partial charge in [-0.15, -0.1) is 11.3 Å². The van der Waals surface area contributed by atoms with Gasteiger partial charge < -0.3 is 10.2 Å². The minimum Gasteiger partial charge on any atom is -0.319 e. The summed E-state index contributed by atoms with van der Waals surface area (Å²) in [5.74, 6) is -0.515. The summed E-state index contributed by atoms with van der Waals surface area (Å²) in [6.07, 6.45) is 0.699. The van der Waals surface area contributed by atoms with Crippen LogP contribution in [0, 0.1) is 3.57 Å². The number of hydroxylamine groups is 1. The zero-order valence-corrected chi connectivity index (χ0v) is 15.0. The van der Waals surface area contributed by atoms with Crippen LogP contribution < -0.4 is 10.8 Å². The molecule has 8 heteroatoms. The number of carbonyl (C=O) groups is 2. The molecule has 1 aliphatic heterocycles. The van der Waals surface area contributed by atoms with E-state index >= 15 is 0 Å². The van der Waals surface area contributed by atoms with Crippen molar-refractivity contribution in [1.82, 2.24) is 10.4 Å². The number of rotatable bonds is 2. The number of carbonyl (C=O) groups excluding carboxylic acids is 2. The van der Waals surface area contributed by atoms with Crippen molar-refractivity contribution in [3.05, 3.63) is 49.2 Å². The van der Waals surface area contributed by atoms with Crippen LogP contribution in [0.3, 0.4) is 0 Å². The third-order valence-electron chi connectivity index (χ3n) is 3.59. The average Bonchev–Trinajstić information content (AvgIpc) is 2.99. The molecule has 0 saturated carbocycles. The van der Waals surface area contributed by atoms with Crippen LogP contribution in [0.4, 0.5) is 10.5 Å². The first-order chi connectivity index (χ1) is 11.1. The summed E-state index contributed by atoms with van der Waals surface area (Å²) in [5, 5.41) is 11.6. The van der Waals surface area contributed by atoms with Crippen LogP contribution >= 0.6 is 33.9 Å². The van der Waals surface area contributed by atoms with Crippen molar-refractivity contribution in [2.75, 3.05) is 11.9 Å². The van der Waals surface area contributed by atoms with E-state index in [0.717, 1.165) is 19.7 Å². The van der Waals surface area contributed by atoms with Crippen molar-refractivity contribution in [2.24, 2.45) is 0 Å². The predicted octanol–water partition coefficient (Wildman–Crippen LogP) is 3.06. The van der Waals surface area contributed by atoms with Gasteiger partial charge >= 0.3 is 6.03 Å². The second kappa shape index (κ2) is 6.85. The first kappa shape index (κ1) is 16.2. The Morgan fingerprint density at radius 3 is 2.70 bits per heavy atom. The Kier molecular flexibility index (Phi) is 4.83. The molecule has 0 saturated heterocycles. The Morgan fingerprint density at radius 1 is 1.26 bits per heavy atom. The van der Waals surface area contributed by atoms with E-state index < -0.39 is 5.91 Å². The maximum Gasteiger partial charge on any atom is 0.322 e. The van der Waals surface area contributed by atoms with Gasteiger partial charge in [0.25, 0.3) is 5.91 Å². The van der Waals surface area contributed by atoms with E-state index in [1.807, 2.05) is 24.3 Å². The minimum absolute atomic E-state index is 0.154. The Hall–Kier alpha value is -1.65. The number of nitrogens with zero attached hydrogens (tertiary/aromatic N) is 1. The molecule has 3 N–H and O–H groups in total. The van der Waals surface area contributed by atoms with E-state index in [0.29, 0.717) is 24.4 Å². The smallest absolute Gasteiger partial charge is 0.319 e. The topological polar surface area (TPSA) is 81.7 Å². The number of hydrogen-bond donors (Lipinski definition) is 3. The molecule has 23 heavy (non-hydrogen) atoms. The van der Waals surface area contributed by atoms with Gasteiger partial charge in [-0.05, 0) is 64.9 Å². The summed E-state index contributed by atoms with van der Waals surface area (Å²) in [4.78, 5) is 27.0. The SMILES string of the molecule is O=C(NO)c1cc2c(s1)CN(C(=O)Nc1ccc(I)cc1)CC2. The minimum atomic E-state index is -0.515. The standard InChI is InChI=1S/C15H14IN3O3S/c16-10-1-3-11(4-2-10)17-15(21)19-6-5-9-7-12(14(20)18-22)23-13(9)8-19/h1-4,7,22H,5-6,8H2,(H,17,21)(H,18,20). The highest BCUT2D eigenvalue weighted by Crippen LogP contribution is 2.28. The second-order valence-corrected chi connectivity index (χ2v) is 7.49.